The number of hydrogen-bond donors (Lipinski definition) is 1. The second-order valence-corrected chi connectivity index (χ2v) is 4.51. The van der Waals surface area contributed by atoms with Crippen molar-refractivity contribution in [3.05, 3.63) is 64.7 Å². The van der Waals surface area contributed by atoms with Gasteiger partial charge in [0.25, 0.3) is 0 Å². The molecule has 0 aliphatic rings. The van der Waals surface area contributed by atoms with Crippen LogP contribution in [0.2, 0.25) is 0 Å². The predicted molar refractivity (Wildman–Crippen MR) is 82.7 cm³/mol. The second-order valence-electron chi connectivity index (χ2n) is 4.51. The molecule has 0 heterocycles. The minimum Gasteiger partial charge on any atom is -0.496 e. The first-order valence-corrected chi connectivity index (χ1v) is 6.66. The van der Waals surface area contributed by atoms with Crippen molar-refractivity contribution in [3.8, 4) is 17.6 Å². The van der Waals surface area contributed by atoms with Gasteiger partial charge >= 0.3 is 5.97 Å². The van der Waals surface area contributed by atoms with Crippen LogP contribution >= 0.6 is 0 Å². The molecule has 0 fully saturated rings. The molecule has 0 aliphatic heterocycles. The Kier molecular flexibility index (Phi) is 5.18. The highest BCUT2D eigenvalue weighted by molar-refractivity contribution is 5.92. The van der Waals surface area contributed by atoms with Gasteiger partial charge in [-0.05, 0) is 35.9 Å². The summed E-state index contributed by atoms with van der Waals surface area (Å²) in [6.45, 7) is 0.0138. The summed E-state index contributed by atoms with van der Waals surface area (Å²) in [5.41, 5.74) is 2.78. The van der Waals surface area contributed by atoms with Crippen LogP contribution in [-0.2, 0) is 11.3 Å². The Morgan fingerprint density at radius 3 is 2.27 bits per heavy atom. The number of benzene rings is 2. The summed E-state index contributed by atoms with van der Waals surface area (Å²) in [6, 6.07) is 12.4. The van der Waals surface area contributed by atoms with E-state index in [4.69, 9.17) is 14.6 Å². The van der Waals surface area contributed by atoms with Crippen LogP contribution in [0.15, 0.2) is 42.5 Å². The molecular weight excluding hydrogens is 280 g/mol. The van der Waals surface area contributed by atoms with E-state index in [1.807, 2.05) is 24.3 Å². The highest BCUT2D eigenvalue weighted by Gasteiger charge is 2.12. The normalized spacial score (nSPS) is 9.59. The van der Waals surface area contributed by atoms with E-state index in [0.29, 0.717) is 11.3 Å². The number of rotatable bonds is 3. The Labute approximate surface area is 129 Å². The fourth-order valence-corrected chi connectivity index (χ4v) is 1.89. The fourth-order valence-electron chi connectivity index (χ4n) is 1.89. The Morgan fingerprint density at radius 2 is 1.68 bits per heavy atom. The SMILES string of the molecule is COC(=O)c1ccc(C#Cc2ccc(CO)cc2)cc1OC. The number of aliphatic hydroxyl groups excluding tert-OH is 1. The summed E-state index contributed by atoms with van der Waals surface area (Å²) < 4.78 is 9.89. The highest BCUT2D eigenvalue weighted by Crippen LogP contribution is 2.20. The van der Waals surface area contributed by atoms with Crippen molar-refractivity contribution in [1.82, 2.24) is 0 Å². The van der Waals surface area contributed by atoms with Crippen LogP contribution in [0.5, 0.6) is 5.75 Å². The minimum atomic E-state index is -0.448. The molecule has 2 rings (SSSR count). The number of methoxy groups -OCH3 is 2. The van der Waals surface area contributed by atoms with Gasteiger partial charge in [0.1, 0.15) is 11.3 Å². The van der Waals surface area contributed by atoms with Gasteiger partial charge in [0.05, 0.1) is 20.8 Å². The molecule has 112 valence electrons. The molecule has 0 aliphatic carbocycles. The predicted octanol–water partition coefficient (Wildman–Crippen LogP) is 2.37. The van der Waals surface area contributed by atoms with Crippen molar-refractivity contribution in [3.63, 3.8) is 0 Å². The lowest BCUT2D eigenvalue weighted by atomic mass is 10.1. The third-order valence-corrected chi connectivity index (χ3v) is 3.09. The lowest BCUT2D eigenvalue weighted by molar-refractivity contribution is 0.0597. The summed E-state index contributed by atoms with van der Waals surface area (Å²) in [7, 11) is 2.82. The van der Waals surface area contributed by atoms with Crippen LogP contribution in [0.1, 0.15) is 27.0 Å². The maximum absolute atomic E-state index is 11.6. The molecule has 0 spiro atoms. The van der Waals surface area contributed by atoms with Gasteiger partial charge < -0.3 is 14.6 Å². The first-order valence-electron chi connectivity index (χ1n) is 6.66. The summed E-state index contributed by atoms with van der Waals surface area (Å²) in [4.78, 5) is 11.6. The van der Waals surface area contributed by atoms with Crippen molar-refractivity contribution in [2.75, 3.05) is 14.2 Å². The van der Waals surface area contributed by atoms with Crippen LogP contribution in [0, 0.1) is 11.8 Å². The maximum atomic E-state index is 11.6. The lowest BCUT2D eigenvalue weighted by Crippen LogP contribution is -2.04. The number of carbonyl (C=O) groups is 1. The number of ether oxygens (including phenoxy) is 2. The van der Waals surface area contributed by atoms with Crippen LogP contribution in [0.25, 0.3) is 0 Å². The molecule has 2 aromatic carbocycles. The smallest absolute Gasteiger partial charge is 0.341 e. The summed E-state index contributed by atoms with van der Waals surface area (Å²) in [6.07, 6.45) is 0. The molecule has 1 N–H and O–H groups in total. The summed E-state index contributed by atoms with van der Waals surface area (Å²) in [5, 5.41) is 9.00. The van der Waals surface area contributed by atoms with Crippen LogP contribution in [-0.4, -0.2) is 25.3 Å². The van der Waals surface area contributed by atoms with Crippen LogP contribution in [0.3, 0.4) is 0 Å². The van der Waals surface area contributed by atoms with E-state index in [0.717, 1.165) is 16.7 Å². The van der Waals surface area contributed by atoms with Gasteiger partial charge in [0.2, 0.25) is 0 Å². The van der Waals surface area contributed by atoms with E-state index in [-0.39, 0.29) is 6.61 Å². The number of hydrogen-bond acceptors (Lipinski definition) is 4. The van der Waals surface area contributed by atoms with Gasteiger partial charge in [-0.15, -0.1) is 0 Å². The minimum absolute atomic E-state index is 0.0138. The summed E-state index contributed by atoms with van der Waals surface area (Å²) >= 11 is 0. The van der Waals surface area contributed by atoms with Crippen LogP contribution in [0.4, 0.5) is 0 Å². The lowest BCUT2D eigenvalue weighted by Gasteiger charge is -2.06. The molecule has 0 bridgehead atoms. The third-order valence-electron chi connectivity index (χ3n) is 3.09. The zero-order valence-corrected chi connectivity index (χ0v) is 12.4. The summed E-state index contributed by atoms with van der Waals surface area (Å²) in [5.74, 6) is 6.01. The van der Waals surface area contributed by atoms with Crippen molar-refractivity contribution < 1.29 is 19.4 Å². The Bertz CT molecular complexity index is 721. The highest BCUT2D eigenvalue weighted by atomic mass is 16.5. The quantitative estimate of drug-likeness (QED) is 0.698. The molecule has 2 aromatic rings. The maximum Gasteiger partial charge on any atom is 0.341 e. The molecule has 0 saturated heterocycles. The van der Waals surface area contributed by atoms with E-state index in [1.54, 1.807) is 18.2 Å². The topological polar surface area (TPSA) is 55.8 Å². The van der Waals surface area contributed by atoms with Crippen molar-refractivity contribution in [1.29, 1.82) is 0 Å². The van der Waals surface area contributed by atoms with Gasteiger partial charge in [-0.25, -0.2) is 4.79 Å². The molecule has 0 aromatic heterocycles. The van der Waals surface area contributed by atoms with Gasteiger partial charge in [0, 0.05) is 11.1 Å². The second kappa shape index (κ2) is 7.30. The number of carbonyl (C=O) groups excluding carboxylic acids is 1. The van der Waals surface area contributed by atoms with Crippen molar-refractivity contribution in [2.45, 2.75) is 6.61 Å². The monoisotopic (exact) mass is 296 g/mol. The molecule has 0 atom stereocenters. The largest absolute Gasteiger partial charge is 0.496 e. The Morgan fingerprint density at radius 1 is 1.05 bits per heavy atom. The molecule has 0 saturated carbocycles. The molecule has 4 heteroatoms. The molecule has 0 amide bonds. The molecule has 0 radical (unpaired) electrons. The number of aliphatic hydroxyl groups is 1. The van der Waals surface area contributed by atoms with E-state index in [9.17, 15) is 4.79 Å². The van der Waals surface area contributed by atoms with Crippen LogP contribution < -0.4 is 4.74 Å². The Balaban J connectivity index is 2.26. The van der Waals surface area contributed by atoms with E-state index < -0.39 is 5.97 Å². The number of esters is 1. The fraction of sp³-hybridized carbons (Fsp3) is 0.167. The van der Waals surface area contributed by atoms with Crippen molar-refractivity contribution >= 4 is 5.97 Å². The van der Waals surface area contributed by atoms with Gasteiger partial charge in [-0.2, -0.15) is 0 Å². The van der Waals surface area contributed by atoms with Crippen molar-refractivity contribution in [2.24, 2.45) is 0 Å². The molecule has 22 heavy (non-hydrogen) atoms. The van der Waals surface area contributed by atoms with E-state index >= 15 is 0 Å². The standard InChI is InChI=1S/C18H16O4/c1-21-17-11-14(9-10-16(17)18(20)22-2)6-3-13-4-7-15(12-19)8-5-13/h4-5,7-11,19H,12H2,1-2H3. The van der Waals surface area contributed by atoms with E-state index in [1.165, 1.54) is 14.2 Å². The van der Waals surface area contributed by atoms with Gasteiger partial charge in [0.15, 0.2) is 0 Å². The third kappa shape index (κ3) is 3.66. The molecular formula is C18H16O4. The van der Waals surface area contributed by atoms with Gasteiger partial charge in [-0.1, -0.05) is 24.0 Å². The first kappa shape index (κ1) is 15.6. The zero-order chi connectivity index (χ0) is 15.9. The average molecular weight is 296 g/mol. The van der Waals surface area contributed by atoms with Gasteiger partial charge in [-0.3, -0.25) is 0 Å². The first-order chi connectivity index (χ1) is 10.7. The molecule has 0 unspecified atom stereocenters. The Hall–Kier alpha value is -2.77. The molecule has 4 nitrogen and oxygen atoms in total. The zero-order valence-electron chi connectivity index (χ0n) is 12.4. The average Bonchev–Trinajstić information content (AvgIpc) is 2.59. The van der Waals surface area contributed by atoms with E-state index in [2.05, 4.69) is 11.8 Å².